The van der Waals surface area contributed by atoms with E-state index in [1.807, 2.05) is 59.7 Å². The van der Waals surface area contributed by atoms with Crippen molar-refractivity contribution in [1.29, 1.82) is 0 Å². The lowest BCUT2D eigenvalue weighted by atomic mass is 9.96. The molecular weight excluding hydrogens is 464 g/mol. The van der Waals surface area contributed by atoms with Crippen LogP contribution in [-0.4, -0.2) is 51.8 Å². The summed E-state index contributed by atoms with van der Waals surface area (Å²) in [4.78, 5) is 31.4. The van der Waals surface area contributed by atoms with E-state index in [-0.39, 0.29) is 24.6 Å². The van der Waals surface area contributed by atoms with Gasteiger partial charge in [-0.2, -0.15) is 0 Å². The molecule has 3 heterocycles. The van der Waals surface area contributed by atoms with E-state index in [9.17, 15) is 9.59 Å². The van der Waals surface area contributed by atoms with Crippen LogP contribution in [0.1, 0.15) is 52.0 Å². The van der Waals surface area contributed by atoms with Crippen molar-refractivity contribution in [2.24, 2.45) is 0 Å². The Kier molecular flexibility index (Phi) is 7.16. The number of hydrogen-bond donors (Lipinski definition) is 1. The molecule has 1 aromatic carbocycles. The number of carbonyl (C=O) groups is 2. The first-order chi connectivity index (χ1) is 16.9. The number of carbonyl (C=O) groups excluding carboxylic acids is 2. The van der Waals surface area contributed by atoms with Crippen molar-refractivity contribution in [1.82, 2.24) is 19.8 Å². The van der Waals surface area contributed by atoms with Gasteiger partial charge in [-0.25, -0.2) is 4.79 Å². The van der Waals surface area contributed by atoms with Crippen LogP contribution in [0.15, 0.2) is 54.7 Å². The number of ether oxygens (including phenoxy) is 2. The Hall–Kier alpha value is -3.72. The monoisotopic (exact) mass is 492 g/mol. The van der Waals surface area contributed by atoms with Crippen LogP contribution in [-0.2, 0) is 14.3 Å². The van der Waals surface area contributed by atoms with Crippen LogP contribution in [0.2, 0.25) is 0 Å². The molecule has 3 aromatic rings. The first kappa shape index (κ1) is 24.4. The molecule has 8 nitrogen and oxygen atoms in total. The fourth-order valence-electron chi connectivity index (χ4n) is 4.67. The van der Waals surface area contributed by atoms with Crippen LogP contribution in [0.3, 0.4) is 0 Å². The van der Waals surface area contributed by atoms with E-state index in [0.29, 0.717) is 17.3 Å². The summed E-state index contributed by atoms with van der Waals surface area (Å²) in [7, 11) is 1.37. The zero-order chi connectivity index (χ0) is 25.1. The topological polar surface area (TPSA) is 85.7 Å². The van der Waals surface area contributed by atoms with Crippen molar-refractivity contribution >= 4 is 29.3 Å². The lowest BCUT2D eigenvalue weighted by Gasteiger charge is -2.27. The molecule has 0 radical (unpaired) electrons. The van der Waals surface area contributed by atoms with Crippen LogP contribution >= 0.6 is 12.2 Å². The van der Waals surface area contributed by atoms with Gasteiger partial charge in [0.05, 0.1) is 42.7 Å². The molecule has 182 valence electrons. The smallest absolute Gasteiger partial charge is 0.339 e. The number of rotatable bonds is 7. The minimum Gasteiger partial charge on any atom is -0.465 e. The SMILES string of the molecule is CCOC(=O)CN1C(=S)N[C@H](c2ccccn2)[C@@H]1c1cc(C)n(-c2ccccc2C(=O)OC)c1C. The summed E-state index contributed by atoms with van der Waals surface area (Å²) >= 11 is 5.66. The zero-order valence-corrected chi connectivity index (χ0v) is 21.0. The van der Waals surface area contributed by atoms with E-state index in [4.69, 9.17) is 21.7 Å². The number of esters is 2. The minimum atomic E-state index is -0.409. The Bertz CT molecular complexity index is 1260. The fraction of sp³-hybridized carbons (Fsp3) is 0.308. The third kappa shape index (κ3) is 4.64. The van der Waals surface area contributed by atoms with Crippen LogP contribution < -0.4 is 5.32 Å². The lowest BCUT2D eigenvalue weighted by molar-refractivity contribution is -0.143. The molecule has 0 unspecified atom stereocenters. The molecule has 9 heteroatoms. The number of methoxy groups -OCH3 is 1. The van der Waals surface area contributed by atoms with Crippen LogP contribution in [0.4, 0.5) is 0 Å². The molecule has 35 heavy (non-hydrogen) atoms. The molecule has 2 atom stereocenters. The standard InChI is InChI=1S/C26H28N4O4S/c1-5-34-22(31)15-29-24(23(28-26(29)35)20-11-8-9-13-27-20)19-14-16(2)30(17(19)3)21-12-7-6-10-18(21)25(32)33-4/h6-14,23-24H,5,15H2,1-4H3,(H,28,35)/t23-,24+/m1/s1. The summed E-state index contributed by atoms with van der Waals surface area (Å²) in [5, 5.41) is 3.81. The summed E-state index contributed by atoms with van der Waals surface area (Å²) in [5.41, 5.74) is 4.82. The van der Waals surface area contributed by atoms with Gasteiger partial charge in [0.25, 0.3) is 0 Å². The van der Waals surface area contributed by atoms with Crippen molar-refractivity contribution in [3.8, 4) is 5.69 Å². The Morgan fingerprint density at radius 2 is 1.89 bits per heavy atom. The first-order valence-corrected chi connectivity index (χ1v) is 11.8. The van der Waals surface area contributed by atoms with Gasteiger partial charge in [0.2, 0.25) is 0 Å². The van der Waals surface area contributed by atoms with Gasteiger partial charge in [-0.15, -0.1) is 0 Å². The van der Waals surface area contributed by atoms with Crippen LogP contribution in [0.5, 0.6) is 0 Å². The molecule has 0 bridgehead atoms. The van der Waals surface area contributed by atoms with E-state index >= 15 is 0 Å². The van der Waals surface area contributed by atoms with Gasteiger partial charge in [-0.1, -0.05) is 18.2 Å². The van der Waals surface area contributed by atoms with Crippen molar-refractivity contribution in [3.63, 3.8) is 0 Å². The Balaban J connectivity index is 1.85. The molecule has 0 spiro atoms. The van der Waals surface area contributed by atoms with Gasteiger partial charge in [0.15, 0.2) is 5.11 Å². The predicted molar refractivity (Wildman–Crippen MR) is 135 cm³/mol. The van der Waals surface area contributed by atoms with Crippen molar-refractivity contribution < 1.29 is 19.1 Å². The molecule has 0 saturated carbocycles. The Labute approximate surface area is 209 Å². The molecule has 0 aliphatic carbocycles. The quantitative estimate of drug-likeness (QED) is 0.394. The lowest BCUT2D eigenvalue weighted by Crippen LogP contribution is -2.35. The summed E-state index contributed by atoms with van der Waals surface area (Å²) in [5.74, 6) is -0.762. The second-order valence-electron chi connectivity index (χ2n) is 8.23. The van der Waals surface area contributed by atoms with Crippen molar-refractivity contribution in [2.75, 3.05) is 20.3 Å². The van der Waals surface area contributed by atoms with E-state index in [1.54, 1.807) is 19.2 Å². The molecule has 2 aromatic heterocycles. The summed E-state index contributed by atoms with van der Waals surface area (Å²) in [6, 6.07) is 14.5. The molecule has 1 saturated heterocycles. The first-order valence-electron chi connectivity index (χ1n) is 11.4. The number of nitrogens with zero attached hydrogens (tertiary/aromatic N) is 3. The second-order valence-corrected chi connectivity index (χ2v) is 8.62. The van der Waals surface area contributed by atoms with E-state index in [1.165, 1.54) is 7.11 Å². The Morgan fingerprint density at radius 3 is 2.57 bits per heavy atom. The predicted octanol–water partition coefficient (Wildman–Crippen LogP) is 3.81. The van der Waals surface area contributed by atoms with Gasteiger partial charge < -0.3 is 24.3 Å². The molecule has 4 rings (SSSR count). The Morgan fingerprint density at radius 1 is 1.14 bits per heavy atom. The van der Waals surface area contributed by atoms with Gasteiger partial charge in [0, 0.05) is 17.6 Å². The number of nitrogens with one attached hydrogen (secondary N) is 1. The number of thiocarbonyl (C=S) groups is 1. The average molecular weight is 493 g/mol. The maximum absolute atomic E-state index is 12.5. The summed E-state index contributed by atoms with van der Waals surface area (Å²) in [6.45, 7) is 6.06. The minimum absolute atomic E-state index is 0.0100. The molecule has 1 fully saturated rings. The van der Waals surface area contributed by atoms with E-state index in [2.05, 4.69) is 16.4 Å². The second kappa shape index (κ2) is 10.3. The number of benzene rings is 1. The molecule has 1 N–H and O–H groups in total. The third-order valence-electron chi connectivity index (χ3n) is 6.14. The molecule has 0 amide bonds. The maximum Gasteiger partial charge on any atom is 0.339 e. The van der Waals surface area contributed by atoms with Crippen molar-refractivity contribution in [3.05, 3.63) is 82.9 Å². The molecule has 1 aliphatic rings. The summed E-state index contributed by atoms with van der Waals surface area (Å²) < 4.78 is 12.3. The van der Waals surface area contributed by atoms with Gasteiger partial charge in [-0.3, -0.25) is 9.78 Å². The van der Waals surface area contributed by atoms with Gasteiger partial charge in [0.1, 0.15) is 6.54 Å². The van der Waals surface area contributed by atoms with Crippen molar-refractivity contribution in [2.45, 2.75) is 32.9 Å². The van der Waals surface area contributed by atoms with Gasteiger partial charge in [-0.05, 0) is 68.9 Å². The highest BCUT2D eigenvalue weighted by atomic mass is 32.1. The van der Waals surface area contributed by atoms with Crippen LogP contribution in [0.25, 0.3) is 5.69 Å². The highest BCUT2D eigenvalue weighted by Crippen LogP contribution is 2.41. The number of aryl methyl sites for hydroxylation is 1. The highest BCUT2D eigenvalue weighted by Gasteiger charge is 2.42. The maximum atomic E-state index is 12.5. The largest absolute Gasteiger partial charge is 0.465 e. The summed E-state index contributed by atoms with van der Waals surface area (Å²) in [6.07, 6.45) is 1.74. The highest BCUT2D eigenvalue weighted by molar-refractivity contribution is 7.80. The molecule has 1 aliphatic heterocycles. The van der Waals surface area contributed by atoms with E-state index in [0.717, 1.165) is 28.3 Å². The fourth-order valence-corrected chi connectivity index (χ4v) is 4.97. The average Bonchev–Trinajstić information content (AvgIpc) is 3.33. The van der Waals surface area contributed by atoms with Crippen LogP contribution in [0, 0.1) is 13.8 Å². The normalized spacial score (nSPS) is 17.3. The third-order valence-corrected chi connectivity index (χ3v) is 6.49. The zero-order valence-electron chi connectivity index (χ0n) is 20.1. The van der Waals surface area contributed by atoms with E-state index < -0.39 is 5.97 Å². The van der Waals surface area contributed by atoms with Gasteiger partial charge >= 0.3 is 11.9 Å². The number of aromatic nitrogens is 2. The number of pyridine rings is 1. The number of hydrogen-bond acceptors (Lipinski definition) is 6. The molecular formula is C26H28N4O4S. The number of para-hydroxylation sites is 1.